The van der Waals surface area contributed by atoms with Crippen molar-refractivity contribution in [1.29, 1.82) is 0 Å². The lowest BCUT2D eigenvalue weighted by atomic mass is 10.1. The highest BCUT2D eigenvalue weighted by atomic mass is 16.5. The second kappa shape index (κ2) is 9.97. The SMILES string of the molecule is COC(=O)c1ccc(N2CCN(C(C)=O)CC2)c(NC(=O)COc2cccc(C)c2)c1. The van der Waals surface area contributed by atoms with Gasteiger partial charge in [-0.3, -0.25) is 9.59 Å². The third-order valence-electron chi connectivity index (χ3n) is 5.12. The molecule has 8 heteroatoms. The van der Waals surface area contributed by atoms with Gasteiger partial charge in [0.05, 0.1) is 24.0 Å². The van der Waals surface area contributed by atoms with Gasteiger partial charge in [-0.1, -0.05) is 12.1 Å². The van der Waals surface area contributed by atoms with Crippen LogP contribution >= 0.6 is 0 Å². The molecular weight excluding hydrogens is 398 g/mol. The molecule has 2 aromatic carbocycles. The minimum atomic E-state index is -0.487. The maximum atomic E-state index is 12.6. The Labute approximate surface area is 181 Å². The number of ether oxygens (including phenoxy) is 2. The molecule has 3 rings (SSSR count). The molecule has 1 saturated heterocycles. The molecule has 0 bridgehead atoms. The molecule has 1 N–H and O–H groups in total. The van der Waals surface area contributed by atoms with Crippen LogP contribution in [0.3, 0.4) is 0 Å². The number of nitrogens with zero attached hydrogens (tertiary/aromatic N) is 2. The predicted octanol–water partition coefficient (Wildman–Crippen LogP) is 2.47. The molecule has 1 aliphatic rings. The number of hydrogen-bond donors (Lipinski definition) is 1. The van der Waals surface area contributed by atoms with Crippen LogP contribution in [0.2, 0.25) is 0 Å². The first kappa shape index (κ1) is 22.1. The monoisotopic (exact) mass is 425 g/mol. The Balaban J connectivity index is 1.75. The van der Waals surface area contributed by atoms with Crippen LogP contribution in [-0.2, 0) is 14.3 Å². The smallest absolute Gasteiger partial charge is 0.337 e. The van der Waals surface area contributed by atoms with Crippen LogP contribution in [0.15, 0.2) is 42.5 Å². The lowest BCUT2D eigenvalue weighted by Gasteiger charge is -2.36. The van der Waals surface area contributed by atoms with Crippen LogP contribution in [0, 0.1) is 6.92 Å². The Morgan fingerprint density at radius 1 is 1.03 bits per heavy atom. The summed E-state index contributed by atoms with van der Waals surface area (Å²) in [5.41, 5.74) is 2.65. The van der Waals surface area contributed by atoms with E-state index in [9.17, 15) is 14.4 Å². The molecule has 0 radical (unpaired) electrons. The highest BCUT2D eigenvalue weighted by Crippen LogP contribution is 2.29. The molecule has 0 spiro atoms. The number of aryl methyl sites for hydroxylation is 1. The average Bonchev–Trinajstić information content (AvgIpc) is 2.77. The van der Waals surface area contributed by atoms with E-state index in [0.29, 0.717) is 43.2 Å². The van der Waals surface area contributed by atoms with Crippen molar-refractivity contribution in [3.63, 3.8) is 0 Å². The van der Waals surface area contributed by atoms with Crippen LogP contribution in [-0.4, -0.2) is 62.6 Å². The van der Waals surface area contributed by atoms with Gasteiger partial charge in [-0.15, -0.1) is 0 Å². The summed E-state index contributed by atoms with van der Waals surface area (Å²) in [6.45, 7) is 5.78. The lowest BCUT2D eigenvalue weighted by Crippen LogP contribution is -2.48. The first-order chi connectivity index (χ1) is 14.9. The van der Waals surface area contributed by atoms with Crippen LogP contribution in [0.5, 0.6) is 5.75 Å². The molecule has 0 saturated carbocycles. The fraction of sp³-hybridized carbons (Fsp3) is 0.348. The zero-order valence-corrected chi connectivity index (χ0v) is 18.0. The molecule has 1 fully saturated rings. The maximum absolute atomic E-state index is 12.6. The molecule has 0 atom stereocenters. The number of rotatable bonds is 6. The topological polar surface area (TPSA) is 88.2 Å². The third-order valence-corrected chi connectivity index (χ3v) is 5.12. The summed E-state index contributed by atoms with van der Waals surface area (Å²) in [7, 11) is 1.31. The molecule has 0 aromatic heterocycles. The molecule has 31 heavy (non-hydrogen) atoms. The van der Waals surface area contributed by atoms with E-state index in [1.807, 2.05) is 25.1 Å². The fourth-order valence-corrected chi connectivity index (χ4v) is 3.46. The number of methoxy groups -OCH3 is 1. The zero-order valence-electron chi connectivity index (χ0n) is 18.0. The summed E-state index contributed by atoms with van der Waals surface area (Å²) < 4.78 is 10.4. The van der Waals surface area contributed by atoms with Crippen molar-refractivity contribution in [1.82, 2.24) is 4.90 Å². The highest BCUT2D eigenvalue weighted by Gasteiger charge is 2.22. The number of anilines is 2. The van der Waals surface area contributed by atoms with Gasteiger partial charge in [0.1, 0.15) is 5.75 Å². The highest BCUT2D eigenvalue weighted by molar-refractivity contribution is 5.98. The van der Waals surface area contributed by atoms with Crippen molar-refractivity contribution in [3.8, 4) is 5.75 Å². The predicted molar refractivity (Wildman–Crippen MR) is 118 cm³/mol. The molecule has 2 aromatic rings. The molecule has 2 amide bonds. The van der Waals surface area contributed by atoms with E-state index < -0.39 is 5.97 Å². The molecule has 0 unspecified atom stereocenters. The van der Waals surface area contributed by atoms with Crippen LogP contribution < -0.4 is 15.0 Å². The minimum Gasteiger partial charge on any atom is -0.484 e. The van der Waals surface area contributed by atoms with Gasteiger partial charge in [-0.2, -0.15) is 0 Å². The summed E-state index contributed by atoms with van der Waals surface area (Å²) >= 11 is 0. The number of carbonyl (C=O) groups excluding carboxylic acids is 3. The first-order valence-electron chi connectivity index (χ1n) is 10.1. The van der Waals surface area contributed by atoms with E-state index in [4.69, 9.17) is 9.47 Å². The van der Waals surface area contributed by atoms with Gasteiger partial charge in [0.15, 0.2) is 6.61 Å². The van der Waals surface area contributed by atoms with Gasteiger partial charge in [0.2, 0.25) is 5.91 Å². The normalized spacial score (nSPS) is 13.5. The number of amides is 2. The van der Waals surface area contributed by atoms with Crippen molar-refractivity contribution < 1.29 is 23.9 Å². The van der Waals surface area contributed by atoms with E-state index in [2.05, 4.69) is 10.2 Å². The first-order valence-corrected chi connectivity index (χ1v) is 10.1. The molecule has 8 nitrogen and oxygen atoms in total. The number of carbonyl (C=O) groups is 3. The second-order valence-corrected chi connectivity index (χ2v) is 7.37. The third kappa shape index (κ3) is 5.75. The summed E-state index contributed by atoms with van der Waals surface area (Å²) in [6.07, 6.45) is 0. The van der Waals surface area contributed by atoms with Gasteiger partial charge in [0.25, 0.3) is 5.91 Å². The number of piperazine rings is 1. The summed E-state index contributed by atoms with van der Waals surface area (Å²) in [4.78, 5) is 40.0. The summed E-state index contributed by atoms with van der Waals surface area (Å²) in [5.74, 6) is -0.173. The Morgan fingerprint density at radius 2 is 1.77 bits per heavy atom. The Kier molecular flexibility index (Phi) is 7.12. The van der Waals surface area contributed by atoms with Gasteiger partial charge < -0.3 is 24.6 Å². The Hall–Kier alpha value is -3.55. The Morgan fingerprint density at radius 3 is 2.42 bits per heavy atom. The van der Waals surface area contributed by atoms with Crippen molar-refractivity contribution in [2.75, 3.05) is 50.1 Å². The van der Waals surface area contributed by atoms with Crippen LogP contribution in [0.1, 0.15) is 22.8 Å². The van der Waals surface area contributed by atoms with Crippen molar-refractivity contribution in [2.24, 2.45) is 0 Å². The second-order valence-electron chi connectivity index (χ2n) is 7.37. The van der Waals surface area contributed by atoms with Gasteiger partial charge >= 0.3 is 5.97 Å². The number of benzene rings is 2. The molecule has 1 aliphatic heterocycles. The van der Waals surface area contributed by atoms with Crippen molar-refractivity contribution >= 4 is 29.2 Å². The standard InChI is InChI=1S/C23H27N3O5/c1-16-5-4-6-19(13-16)31-15-22(28)24-20-14-18(23(29)30-3)7-8-21(20)26-11-9-25(10-12-26)17(2)27/h4-8,13-14H,9-12,15H2,1-3H3,(H,24,28). The van der Waals surface area contributed by atoms with E-state index in [1.54, 1.807) is 36.1 Å². The average molecular weight is 425 g/mol. The molecule has 164 valence electrons. The number of esters is 1. The van der Waals surface area contributed by atoms with E-state index in [-0.39, 0.29) is 18.4 Å². The summed E-state index contributed by atoms with van der Waals surface area (Å²) in [5, 5.41) is 2.85. The summed E-state index contributed by atoms with van der Waals surface area (Å²) in [6, 6.07) is 12.5. The van der Waals surface area contributed by atoms with Gasteiger partial charge in [-0.25, -0.2) is 4.79 Å². The molecular formula is C23H27N3O5. The largest absolute Gasteiger partial charge is 0.484 e. The van der Waals surface area contributed by atoms with Crippen LogP contribution in [0.4, 0.5) is 11.4 Å². The quantitative estimate of drug-likeness (QED) is 0.716. The Bertz CT molecular complexity index is 967. The number of hydrogen-bond acceptors (Lipinski definition) is 6. The van der Waals surface area contributed by atoms with Crippen molar-refractivity contribution in [3.05, 3.63) is 53.6 Å². The maximum Gasteiger partial charge on any atom is 0.337 e. The van der Waals surface area contributed by atoms with E-state index in [0.717, 1.165) is 11.3 Å². The molecule has 0 aliphatic carbocycles. The van der Waals surface area contributed by atoms with Gasteiger partial charge in [-0.05, 0) is 42.8 Å². The van der Waals surface area contributed by atoms with Gasteiger partial charge in [0, 0.05) is 33.1 Å². The molecule has 1 heterocycles. The number of nitrogens with one attached hydrogen (secondary N) is 1. The zero-order chi connectivity index (χ0) is 22.4. The van der Waals surface area contributed by atoms with E-state index in [1.165, 1.54) is 7.11 Å². The van der Waals surface area contributed by atoms with Crippen LogP contribution in [0.25, 0.3) is 0 Å². The fourth-order valence-electron chi connectivity index (χ4n) is 3.46. The minimum absolute atomic E-state index is 0.0440. The van der Waals surface area contributed by atoms with Crippen molar-refractivity contribution in [2.45, 2.75) is 13.8 Å². The lowest BCUT2D eigenvalue weighted by molar-refractivity contribution is -0.129. The van der Waals surface area contributed by atoms with E-state index >= 15 is 0 Å².